The van der Waals surface area contributed by atoms with Crippen molar-refractivity contribution < 1.29 is 9.59 Å². The summed E-state index contributed by atoms with van der Waals surface area (Å²) in [7, 11) is 0. The van der Waals surface area contributed by atoms with Crippen LogP contribution in [0.2, 0.25) is 0 Å². The highest BCUT2D eigenvalue weighted by Crippen LogP contribution is 2.27. The molecule has 6 nitrogen and oxygen atoms in total. The van der Waals surface area contributed by atoms with Crippen LogP contribution in [0.15, 0.2) is 91.0 Å². The predicted molar refractivity (Wildman–Crippen MR) is 143 cm³/mol. The molecule has 0 radical (unpaired) electrons. The molecule has 36 heavy (non-hydrogen) atoms. The van der Waals surface area contributed by atoms with Gasteiger partial charge in [-0.15, -0.1) is 0 Å². The molecule has 0 fully saturated rings. The molecule has 0 aliphatic heterocycles. The number of rotatable bonds is 7. The zero-order valence-electron chi connectivity index (χ0n) is 21.2. The van der Waals surface area contributed by atoms with E-state index in [4.69, 9.17) is 5.10 Å². The van der Waals surface area contributed by atoms with E-state index in [-0.39, 0.29) is 17.2 Å². The van der Waals surface area contributed by atoms with Crippen LogP contribution in [0.4, 0.5) is 5.82 Å². The number of nitrogens with one attached hydrogen (secondary N) is 2. The van der Waals surface area contributed by atoms with Gasteiger partial charge in [-0.2, -0.15) is 5.10 Å². The van der Waals surface area contributed by atoms with Gasteiger partial charge in [0.1, 0.15) is 11.9 Å². The van der Waals surface area contributed by atoms with Crippen molar-refractivity contribution in [2.75, 3.05) is 5.32 Å². The molecule has 0 saturated heterocycles. The van der Waals surface area contributed by atoms with Crippen LogP contribution in [-0.2, 0) is 16.6 Å². The van der Waals surface area contributed by atoms with Gasteiger partial charge >= 0.3 is 0 Å². The first-order valence-corrected chi connectivity index (χ1v) is 12.1. The molecule has 6 heteroatoms. The molecule has 2 amide bonds. The summed E-state index contributed by atoms with van der Waals surface area (Å²) in [5.74, 6) is -0.0425. The van der Waals surface area contributed by atoms with Crippen LogP contribution in [0.3, 0.4) is 0 Å². The Bertz CT molecular complexity index is 1340. The van der Waals surface area contributed by atoms with Gasteiger partial charge in [-0.25, -0.2) is 4.68 Å². The number of para-hydroxylation sites is 1. The van der Waals surface area contributed by atoms with Gasteiger partial charge in [0.15, 0.2) is 0 Å². The van der Waals surface area contributed by atoms with Crippen molar-refractivity contribution in [3.05, 3.63) is 113 Å². The number of hydrogen-bond acceptors (Lipinski definition) is 3. The highest BCUT2D eigenvalue weighted by atomic mass is 16.2. The fourth-order valence-corrected chi connectivity index (χ4v) is 3.92. The smallest absolute Gasteiger partial charge is 0.251 e. The number of benzene rings is 3. The van der Waals surface area contributed by atoms with Gasteiger partial charge in [0.05, 0.1) is 11.4 Å². The lowest BCUT2D eigenvalue weighted by atomic mass is 9.92. The summed E-state index contributed by atoms with van der Waals surface area (Å²) in [6.45, 7) is 8.27. The molecule has 184 valence electrons. The largest absolute Gasteiger partial charge is 0.340 e. The Balaban J connectivity index is 1.67. The van der Waals surface area contributed by atoms with Crippen LogP contribution in [0, 0.1) is 6.92 Å². The Morgan fingerprint density at radius 1 is 0.889 bits per heavy atom. The summed E-state index contributed by atoms with van der Waals surface area (Å²) in [6, 6.07) is 27.6. The monoisotopic (exact) mass is 480 g/mol. The number of anilines is 1. The molecule has 0 spiro atoms. The molecule has 2 N–H and O–H groups in total. The van der Waals surface area contributed by atoms with E-state index in [9.17, 15) is 9.59 Å². The number of carbonyl (C=O) groups is 2. The second kappa shape index (κ2) is 10.6. The van der Waals surface area contributed by atoms with Crippen molar-refractivity contribution in [1.29, 1.82) is 0 Å². The van der Waals surface area contributed by atoms with E-state index in [0.717, 1.165) is 22.5 Å². The van der Waals surface area contributed by atoms with Gasteiger partial charge in [-0.3, -0.25) is 9.59 Å². The zero-order chi connectivity index (χ0) is 25.7. The second-order valence-corrected chi connectivity index (χ2v) is 9.93. The molecule has 0 bridgehead atoms. The van der Waals surface area contributed by atoms with Gasteiger partial charge in [-0.1, -0.05) is 87.5 Å². The highest BCUT2D eigenvalue weighted by Gasteiger charge is 2.26. The number of hydrogen-bond donors (Lipinski definition) is 2. The van der Waals surface area contributed by atoms with E-state index in [1.54, 1.807) is 28.9 Å². The van der Waals surface area contributed by atoms with E-state index in [1.165, 1.54) is 0 Å². The Morgan fingerprint density at radius 2 is 1.50 bits per heavy atom. The molecule has 0 saturated carbocycles. The van der Waals surface area contributed by atoms with Crippen LogP contribution < -0.4 is 10.6 Å². The van der Waals surface area contributed by atoms with E-state index < -0.39 is 6.04 Å². The lowest BCUT2D eigenvalue weighted by molar-refractivity contribution is -0.118. The van der Waals surface area contributed by atoms with Crippen molar-refractivity contribution in [3.63, 3.8) is 0 Å². The Morgan fingerprint density at radius 3 is 2.14 bits per heavy atom. The quantitative estimate of drug-likeness (QED) is 0.369. The number of amides is 2. The minimum atomic E-state index is -0.779. The van der Waals surface area contributed by atoms with Gasteiger partial charge in [0.25, 0.3) is 5.91 Å². The summed E-state index contributed by atoms with van der Waals surface area (Å²) >= 11 is 0. The van der Waals surface area contributed by atoms with Gasteiger partial charge < -0.3 is 10.6 Å². The molecule has 1 atom stereocenters. The molecule has 1 unspecified atom stereocenters. The standard InChI is InChI=1S/C30H32N4O2/c1-21-13-11-12-18-25(21)34-27(20-26(33-34)30(2,3)4)32-29(36)24(19-22-14-7-5-8-15-22)31-28(35)23-16-9-6-10-17-23/h5-18,20,24H,19H2,1-4H3,(H,31,35)(H,32,36). The minimum Gasteiger partial charge on any atom is -0.340 e. The maximum absolute atomic E-state index is 13.6. The first-order valence-electron chi connectivity index (χ1n) is 12.1. The Labute approximate surface area is 212 Å². The third kappa shape index (κ3) is 5.89. The van der Waals surface area contributed by atoms with E-state index >= 15 is 0 Å². The third-order valence-corrected chi connectivity index (χ3v) is 6.01. The predicted octanol–water partition coefficient (Wildman–Crippen LogP) is 5.46. The van der Waals surface area contributed by atoms with Crippen molar-refractivity contribution in [2.24, 2.45) is 0 Å². The Kier molecular flexibility index (Phi) is 7.34. The van der Waals surface area contributed by atoms with Crippen molar-refractivity contribution in [1.82, 2.24) is 15.1 Å². The van der Waals surface area contributed by atoms with E-state index in [2.05, 4.69) is 31.4 Å². The summed E-state index contributed by atoms with van der Waals surface area (Å²) in [6.07, 6.45) is 0.357. The molecule has 4 rings (SSSR count). The Hall–Kier alpha value is -4.19. The summed E-state index contributed by atoms with van der Waals surface area (Å²) < 4.78 is 1.77. The van der Waals surface area contributed by atoms with Crippen LogP contribution in [0.5, 0.6) is 0 Å². The maximum Gasteiger partial charge on any atom is 0.251 e. The van der Waals surface area contributed by atoms with Gasteiger partial charge in [0.2, 0.25) is 5.91 Å². The SMILES string of the molecule is Cc1ccccc1-n1nc(C(C)(C)C)cc1NC(=O)C(Cc1ccccc1)NC(=O)c1ccccc1. The van der Waals surface area contributed by atoms with E-state index in [1.807, 2.05) is 73.7 Å². The van der Waals surface area contributed by atoms with E-state index in [0.29, 0.717) is 17.8 Å². The van der Waals surface area contributed by atoms with Crippen LogP contribution in [-0.4, -0.2) is 27.6 Å². The molecule has 1 aromatic heterocycles. The molecule has 0 aliphatic rings. The first kappa shape index (κ1) is 24.9. The lowest BCUT2D eigenvalue weighted by Crippen LogP contribution is -2.45. The number of aromatic nitrogens is 2. The lowest BCUT2D eigenvalue weighted by Gasteiger charge is -2.19. The fourth-order valence-electron chi connectivity index (χ4n) is 3.92. The average Bonchev–Trinajstić information content (AvgIpc) is 3.29. The summed E-state index contributed by atoms with van der Waals surface area (Å²) in [5.41, 5.74) is 4.02. The minimum absolute atomic E-state index is 0.210. The second-order valence-electron chi connectivity index (χ2n) is 9.93. The number of nitrogens with zero attached hydrogens (tertiary/aromatic N) is 2. The third-order valence-electron chi connectivity index (χ3n) is 6.01. The average molecular weight is 481 g/mol. The van der Waals surface area contributed by atoms with Gasteiger partial charge in [-0.05, 0) is 36.2 Å². The molecular formula is C30H32N4O2. The normalized spacial score (nSPS) is 12.1. The molecular weight excluding hydrogens is 448 g/mol. The van der Waals surface area contributed by atoms with Crippen molar-refractivity contribution in [2.45, 2.75) is 45.6 Å². The molecule has 4 aromatic rings. The zero-order valence-corrected chi connectivity index (χ0v) is 21.2. The number of carbonyl (C=O) groups excluding carboxylic acids is 2. The maximum atomic E-state index is 13.6. The fraction of sp³-hybridized carbons (Fsp3) is 0.233. The first-order chi connectivity index (χ1) is 17.2. The molecule has 3 aromatic carbocycles. The number of aryl methyl sites for hydroxylation is 1. The van der Waals surface area contributed by atoms with Crippen LogP contribution in [0.25, 0.3) is 5.69 Å². The highest BCUT2D eigenvalue weighted by molar-refractivity contribution is 6.01. The molecule has 0 aliphatic carbocycles. The van der Waals surface area contributed by atoms with Crippen molar-refractivity contribution >= 4 is 17.6 Å². The van der Waals surface area contributed by atoms with Crippen molar-refractivity contribution in [3.8, 4) is 5.69 Å². The topological polar surface area (TPSA) is 76.0 Å². The van der Waals surface area contributed by atoms with Crippen LogP contribution in [0.1, 0.15) is 48.0 Å². The van der Waals surface area contributed by atoms with Gasteiger partial charge in [0, 0.05) is 23.5 Å². The summed E-state index contributed by atoms with van der Waals surface area (Å²) in [5, 5.41) is 10.8. The summed E-state index contributed by atoms with van der Waals surface area (Å²) in [4.78, 5) is 26.6. The molecule has 1 heterocycles. The van der Waals surface area contributed by atoms with Crippen LogP contribution >= 0.6 is 0 Å².